The summed E-state index contributed by atoms with van der Waals surface area (Å²) in [6, 6.07) is 6.27. The third-order valence-electron chi connectivity index (χ3n) is 2.80. The van der Waals surface area contributed by atoms with Crippen molar-refractivity contribution in [3.8, 4) is 0 Å². The van der Waals surface area contributed by atoms with Crippen molar-refractivity contribution in [1.29, 1.82) is 0 Å². The molecule has 0 aromatic carbocycles. The number of aromatic nitrogens is 1. The second kappa shape index (κ2) is 10.9. The molecule has 1 rings (SSSR count). The fourth-order valence-electron chi connectivity index (χ4n) is 1.83. The minimum atomic E-state index is 0. The molecule has 0 saturated carbocycles. The van der Waals surface area contributed by atoms with E-state index < -0.39 is 0 Å². The van der Waals surface area contributed by atoms with E-state index in [9.17, 15) is 0 Å². The molecule has 0 saturated heterocycles. The highest BCUT2D eigenvalue weighted by Gasteiger charge is 1.97. The van der Waals surface area contributed by atoms with Gasteiger partial charge in [0.2, 0.25) is 0 Å². The van der Waals surface area contributed by atoms with Crippen LogP contribution in [-0.4, -0.2) is 0 Å². The molecule has 1 nitrogen and oxygen atoms in total. The molecule has 0 unspecified atom stereocenters. The van der Waals surface area contributed by atoms with E-state index in [1.54, 1.807) is 0 Å². The number of nitrogens with zero attached hydrogens (tertiary/aromatic N) is 1. The highest BCUT2D eigenvalue weighted by molar-refractivity contribution is 4.83. The standard InChI is InChI=1S/C14H24N.ClH/c1-2-3-4-5-6-7-9-12-15-13-10-8-11-14-15;/h8,10-11,13-14H,2-7,9,12H2,1H3;1H/q+1;/p-1. The van der Waals surface area contributed by atoms with Crippen molar-refractivity contribution in [2.24, 2.45) is 0 Å². The van der Waals surface area contributed by atoms with Gasteiger partial charge in [0.15, 0.2) is 12.4 Å². The number of pyridine rings is 1. The third-order valence-corrected chi connectivity index (χ3v) is 2.80. The van der Waals surface area contributed by atoms with E-state index in [-0.39, 0.29) is 12.4 Å². The first-order valence-electron chi connectivity index (χ1n) is 6.37. The average molecular weight is 242 g/mol. The number of rotatable bonds is 8. The van der Waals surface area contributed by atoms with Crippen LogP contribution in [0.2, 0.25) is 0 Å². The number of halogens is 1. The first-order chi connectivity index (χ1) is 7.43. The summed E-state index contributed by atoms with van der Waals surface area (Å²) in [6.07, 6.45) is 14.0. The van der Waals surface area contributed by atoms with E-state index >= 15 is 0 Å². The SMILES string of the molecule is CCCCCCCCC[n+]1ccccc1.[Cl-]. The van der Waals surface area contributed by atoms with Gasteiger partial charge in [0, 0.05) is 18.6 Å². The molecular weight excluding hydrogens is 218 g/mol. The summed E-state index contributed by atoms with van der Waals surface area (Å²) in [6.45, 7) is 3.45. The zero-order valence-corrected chi connectivity index (χ0v) is 11.1. The Labute approximate surface area is 106 Å². The topological polar surface area (TPSA) is 3.88 Å². The summed E-state index contributed by atoms with van der Waals surface area (Å²) in [5, 5.41) is 0. The Kier molecular flexibility index (Phi) is 10.6. The van der Waals surface area contributed by atoms with Gasteiger partial charge in [-0.15, -0.1) is 0 Å². The van der Waals surface area contributed by atoms with Crippen LogP contribution >= 0.6 is 0 Å². The minimum absolute atomic E-state index is 0. The molecule has 0 aliphatic carbocycles. The highest BCUT2D eigenvalue weighted by atomic mass is 35.5. The number of aryl methyl sites for hydroxylation is 1. The van der Waals surface area contributed by atoms with Crippen molar-refractivity contribution in [3.05, 3.63) is 30.6 Å². The molecule has 0 aliphatic heterocycles. The lowest BCUT2D eigenvalue weighted by atomic mass is 10.1. The van der Waals surface area contributed by atoms with E-state index in [1.807, 2.05) is 0 Å². The highest BCUT2D eigenvalue weighted by Crippen LogP contribution is 2.06. The lowest BCUT2D eigenvalue weighted by Gasteiger charge is -1.99. The summed E-state index contributed by atoms with van der Waals surface area (Å²) in [7, 11) is 0. The monoisotopic (exact) mass is 241 g/mol. The minimum Gasteiger partial charge on any atom is -1.00 e. The molecule has 92 valence electrons. The molecular formula is C14H24ClN. The first-order valence-corrected chi connectivity index (χ1v) is 6.37. The number of unbranched alkanes of at least 4 members (excludes halogenated alkanes) is 6. The fourth-order valence-corrected chi connectivity index (χ4v) is 1.83. The van der Waals surface area contributed by atoms with Gasteiger partial charge < -0.3 is 12.4 Å². The second-order valence-electron chi connectivity index (χ2n) is 4.23. The second-order valence-corrected chi connectivity index (χ2v) is 4.23. The van der Waals surface area contributed by atoms with Crippen molar-refractivity contribution in [2.75, 3.05) is 0 Å². The summed E-state index contributed by atoms with van der Waals surface area (Å²) in [5.74, 6) is 0. The van der Waals surface area contributed by atoms with Crippen LogP contribution in [0, 0.1) is 0 Å². The Morgan fingerprint density at radius 1 is 0.750 bits per heavy atom. The van der Waals surface area contributed by atoms with Crippen LogP contribution in [0.25, 0.3) is 0 Å². The van der Waals surface area contributed by atoms with Crippen molar-refractivity contribution >= 4 is 0 Å². The van der Waals surface area contributed by atoms with Crippen molar-refractivity contribution in [2.45, 2.75) is 58.4 Å². The van der Waals surface area contributed by atoms with Crippen LogP contribution < -0.4 is 17.0 Å². The Morgan fingerprint density at radius 3 is 1.94 bits per heavy atom. The van der Waals surface area contributed by atoms with Gasteiger partial charge >= 0.3 is 0 Å². The van der Waals surface area contributed by atoms with E-state index in [0.29, 0.717) is 0 Å². The lowest BCUT2D eigenvalue weighted by molar-refractivity contribution is -0.697. The Morgan fingerprint density at radius 2 is 1.31 bits per heavy atom. The molecule has 1 heterocycles. The van der Waals surface area contributed by atoms with Crippen molar-refractivity contribution < 1.29 is 17.0 Å². The number of hydrogen-bond donors (Lipinski definition) is 0. The van der Waals surface area contributed by atoms with Crippen LogP contribution in [-0.2, 0) is 6.54 Å². The van der Waals surface area contributed by atoms with Gasteiger partial charge in [-0.1, -0.05) is 45.1 Å². The van der Waals surface area contributed by atoms with Crippen LogP contribution in [0.5, 0.6) is 0 Å². The molecule has 0 N–H and O–H groups in total. The Hall–Kier alpha value is -0.560. The van der Waals surface area contributed by atoms with Crippen LogP contribution in [0.3, 0.4) is 0 Å². The van der Waals surface area contributed by atoms with Gasteiger partial charge in [-0.25, -0.2) is 4.57 Å². The fraction of sp³-hybridized carbons (Fsp3) is 0.643. The van der Waals surface area contributed by atoms with Gasteiger partial charge in [0.05, 0.1) is 0 Å². The predicted octanol–water partition coefficient (Wildman–Crippen LogP) is 0.729. The molecule has 0 radical (unpaired) electrons. The maximum atomic E-state index is 2.27. The molecule has 0 fully saturated rings. The zero-order chi connectivity index (χ0) is 10.8. The quantitative estimate of drug-likeness (QED) is 0.467. The molecule has 16 heavy (non-hydrogen) atoms. The van der Waals surface area contributed by atoms with Gasteiger partial charge in [0.25, 0.3) is 0 Å². The van der Waals surface area contributed by atoms with Gasteiger partial charge in [-0.05, 0) is 6.42 Å². The molecule has 0 bridgehead atoms. The van der Waals surface area contributed by atoms with Gasteiger partial charge in [0.1, 0.15) is 6.54 Å². The maximum Gasteiger partial charge on any atom is 0.168 e. The molecule has 0 spiro atoms. The van der Waals surface area contributed by atoms with Crippen LogP contribution in [0.1, 0.15) is 51.9 Å². The van der Waals surface area contributed by atoms with Crippen molar-refractivity contribution in [1.82, 2.24) is 0 Å². The summed E-state index contributed by atoms with van der Waals surface area (Å²) < 4.78 is 2.27. The van der Waals surface area contributed by atoms with Crippen LogP contribution in [0.15, 0.2) is 30.6 Å². The molecule has 1 aromatic rings. The van der Waals surface area contributed by atoms with E-state index in [2.05, 4.69) is 42.1 Å². The lowest BCUT2D eigenvalue weighted by Crippen LogP contribution is -3.00. The Balaban J connectivity index is 0.00000225. The van der Waals surface area contributed by atoms with Crippen molar-refractivity contribution in [3.63, 3.8) is 0 Å². The molecule has 0 amide bonds. The average Bonchev–Trinajstić information content (AvgIpc) is 2.29. The normalized spacial score (nSPS) is 9.81. The first kappa shape index (κ1) is 15.4. The third kappa shape index (κ3) is 7.70. The molecule has 2 heteroatoms. The predicted molar refractivity (Wildman–Crippen MR) is 64.6 cm³/mol. The molecule has 1 aromatic heterocycles. The molecule has 0 aliphatic rings. The number of hydrogen-bond acceptors (Lipinski definition) is 0. The van der Waals surface area contributed by atoms with Crippen LogP contribution in [0.4, 0.5) is 0 Å². The van der Waals surface area contributed by atoms with E-state index in [1.165, 1.54) is 51.5 Å². The maximum absolute atomic E-state index is 2.27. The Bertz CT molecular complexity index is 236. The van der Waals surface area contributed by atoms with E-state index in [4.69, 9.17) is 0 Å². The van der Waals surface area contributed by atoms with E-state index in [0.717, 1.165) is 0 Å². The summed E-state index contributed by atoms with van der Waals surface area (Å²) in [5.41, 5.74) is 0. The smallest absolute Gasteiger partial charge is 0.168 e. The zero-order valence-electron chi connectivity index (χ0n) is 10.4. The van der Waals surface area contributed by atoms with Gasteiger partial charge in [-0.2, -0.15) is 0 Å². The summed E-state index contributed by atoms with van der Waals surface area (Å²) >= 11 is 0. The summed E-state index contributed by atoms with van der Waals surface area (Å²) in [4.78, 5) is 0. The largest absolute Gasteiger partial charge is 1.00 e. The molecule has 0 atom stereocenters. The van der Waals surface area contributed by atoms with Gasteiger partial charge in [-0.3, -0.25) is 0 Å².